The van der Waals surface area contributed by atoms with Crippen molar-refractivity contribution in [2.45, 2.75) is 19.3 Å². The summed E-state index contributed by atoms with van der Waals surface area (Å²) in [5.41, 5.74) is 10.9. The Kier molecular flexibility index (Phi) is 7.73. The van der Waals surface area contributed by atoms with E-state index in [4.69, 9.17) is 4.98 Å². The standard InChI is InChI=1S/C50H38N3OP/c1-50(2)44-23-11-15-27-48(44)53(49-28-16-12-24-45(49)50)38-30-35(29-37(32-38)52-46-25-13-9-21-42(46)43-22-10-14-26-47(43)52)36-31-41(34-51-33-36)55(54,39-17-5-3-6-18-39)40-19-7-4-8-20-40/h3-34H,1-2H3. The summed E-state index contributed by atoms with van der Waals surface area (Å²) in [6.07, 6.45) is 3.68. The molecule has 55 heavy (non-hydrogen) atoms. The minimum atomic E-state index is -3.27. The summed E-state index contributed by atoms with van der Waals surface area (Å²) in [5, 5.41) is 4.67. The Morgan fingerprint density at radius 1 is 0.473 bits per heavy atom. The lowest BCUT2D eigenvalue weighted by Gasteiger charge is -2.42. The molecule has 1 aliphatic rings. The summed E-state index contributed by atoms with van der Waals surface area (Å²) in [6.45, 7) is 4.63. The fourth-order valence-corrected chi connectivity index (χ4v) is 11.3. The zero-order valence-electron chi connectivity index (χ0n) is 30.7. The number of hydrogen-bond acceptors (Lipinski definition) is 3. The van der Waals surface area contributed by atoms with Gasteiger partial charge in [0.2, 0.25) is 0 Å². The Labute approximate surface area is 321 Å². The second kappa shape index (κ2) is 12.8. The van der Waals surface area contributed by atoms with Crippen molar-refractivity contribution in [3.8, 4) is 16.8 Å². The van der Waals surface area contributed by atoms with Crippen LogP contribution in [0, 0.1) is 0 Å². The third kappa shape index (κ3) is 5.21. The topological polar surface area (TPSA) is 38.1 Å². The molecular weight excluding hydrogens is 690 g/mol. The molecule has 0 unspecified atom stereocenters. The van der Waals surface area contributed by atoms with Crippen LogP contribution in [0.3, 0.4) is 0 Å². The van der Waals surface area contributed by atoms with Gasteiger partial charge in [-0.3, -0.25) is 4.98 Å². The van der Waals surface area contributed by atoms with Gasteiger partial charge in [-0.1, -0.05) is 147 Å². The molecule has 4 nitrogen and oxygen atoms in total. The monoisotopic (exact) mass is 727 g/mol. The number of anilines is 3. The zero-order chi connectivity index (χ0) is 37.1. The molecule has 0 saturated heterocycles. The number of para-hydroxylation sites is 4. The molecule has 1 aliphatic heterocycles. The molecule has 0 saturated carbocycles. The highest BCUT2D eigenvalue weighted by atomic mass is 31.2. The van der Waals surface area contributed by atoms with Crippen molar-refractivity contribution in [1.82, 2.24) is 9.55 Å². The molecule has 0 fully saturated rings. The summed E-state index contributed by atoms with van der Waals surface area (Å²) in [4.78, 5) is 7.22. The van der Waals surface area contributed by atoms with Crippen molar-refractivity contribution in [3.63, 3.8) is 0 Å². The summed E-state index contributed by atoms with van der Waals surface area (Å²) in [5.74, 6) is 0. The molecular formula is C50H38N3OP. The lowest BCUT2D eigenvalue weighted by molar-refractivity contribution is 0.592. The van der Waals surface area contributed by atoms with Gasteiger partial charge in [-0.15, -0.1) is 0 Å². The first-order chi connectivity index (χ1) is 26.9. The Bertz CT molecular complexity index is 2800. The third-order valence-electron chi connectivity index (χ3n) is 11.3. The van der Waals surface area contributed by atoms with Gasteiger partial charge in [0, 0.05) is 61.4 Å². The summed E-state index contributed by atoms with van der Waals surface area (Å²) >= 11 is 0. The van der Waals surface area contributed by atoms with Crippen molar-refractivity contribution in [2.24, 2.45) is 0 Å². The van der Waals surface area contributed by atoms with E-state index >= 15 is 4.57 Å². The van der Waals surface area contributed by atoms with Crippen molar-refractivity contribution in [3.05, 3.63) is 206 Å². The zero-order valence-corrected chi connectivity index (χ0v) is 31.6. The number of hydrogen-bond donors (Lipinski definition) is 0. The van der Waals surface area contributed by atoms with E-state index in [-0.39, 0.29) is 5.41 Å². The predicted octanol–water partition coefficient (Wildman–Crippen LogP) is 11.6. The van der Waals surface area contributed by atoms with Crippen LogP contribution in [0.2, 0.25) is 0 Å². The quantitative estimate of drug-likeness (QED) is 0.160. The highest BCUT2D eigenvalue weighted by Crippen LogP contribution is 2.52. The molecule has 10 rings (SSSR count). The first kappa shape index (κ1) is 33.1. The normalized spacial score (nSPS) is 13.5. The minimum absolute atomic E-state index is 0.189. The van der Waals surface area contributed by atoms with Crippen molar-refractivity contribution in [1.29, 1.82) is 0 Å². The van der Waals surface area contributed by atoms with Crippen molar-refractivity contribution < 1.29 is 4.57 Å². The van der Waals surface area contributed by atoms with Gasteiger partial charge >= 0.3 is 0 Å². The van der Waals surface area contributed by atoms with Crippen LogP contribution in [0.25, 0.3) is 38.6 Å². The minimum Gasteiger partial charge on any atom is -0.310 e. The number of aromatic nitrogens is 2. The average molecular weight is 728 g/mol. The maximum Gasteiger partial charge on any atom is 0.172 e. The van der Waals surface area contributed by atoms with Gasteiger partial charge in [0.1, 0.15) is 0 Å². The average Bonchev–Trinajstić information content (AvgIpc) is 3.59. The maximum atomic E-state index is 15.5. The molecule has 0 atom stereocenters. The van der Waals surface area contributed by atoms with Gasteiger partial charge in [0.15, 0.2) is 7.14 Å². The van der Waals surface area contributed by atoms with Gasteiger partial charge in [-0.25, -0.2) is 0 Å². The van der Waals surface area contributed by atoms with E-state index in [2.05, 4.69) is 145 Å². The van der Waals surface area contributed by atoms with Crippen LogP contribution in [-0.2, 0) is 9.98 Å². The maximum absolute atomic E-state index is 15.5. The second-order valence-electron chi connectivity index (χ2n) is 14.8. The number of rotatable bonds is 6. The van der Waals surface area contributed by atoms with Crippen LogP contribution in [0.15, 0.2) is 194 Å². The summed E-state index contributed by atoms with van der Waals surface area (Å²) in [7, 11) is -3.27. The van der Waals surface area contributed by atoms with E-state index in [1.165, 1.54) is 21.9 Å². The molecule has 264 valence electrons. The van der Waals surface area contributed by atoms with E-state index in [1.54, 1.807) is 6.20 Å². The molecule has 0 amide bonds. The summed E-state index contributed by atoms with van der Waals surface area (Å²) < 4.78 is 17.9. The molecule has 0 N–H and O–H groups in total. The van der Waals surface area contributed by atoms with E-state index < -0.39 is 7.14 Å². The van der Waals surface area contributed by atoms with Crippen LogP contribution in [0.1, 0.15) is 25.0 Å². The van der Waals surface area contributed by atoms with E-state index in [0.29, 0.717) is 5.30 Å². The fourth-order valence-electron chi connectivity index (χ4n) is 8.65. The van der Waals surface area contributed by atoms with Crippen LogP contribution in [0.4, 0.5) is 17.1 Å². The van der Waals surface area contributed by atoms with Gasteiger partial charge in [-0.05, 0) is 65.2 Å². The fraction of sp³-hybridized carbons (Fsp3) is 0.0600. The highest BCUT2D eigenvalue weighted by molar-refractivity contribution is 7.85. The molecule has 0 aliphatic carbocycles. The smallest absolute Gasteiger partial charge is 0.172 e. The number of fused-ring (bicyclic) bond motifs is 5. The van der Waals surface area contributed by atoms with Crippen LogP contribution >= 0.6 is 7.14 Å². The van der Waals surface area contributed by atoms with Gasteiger partial charge in [-0.2, -0.15) is 0 Å². The first-order valence-electron chi connectivity index (χ1n) is 18.7. The second-order valence-corrected chi connectivity index (χ2v) is 17.6. The van der Waals surface area contributed by atoms with Gasteiger partial charge in [0.25, 0.3) is 0 Å². The van der Waals surface area contributed by atoms with Crippen molar-refractivity contribution in [2.75, 3.05) is 4.90 Å². The number of pyridine rings is 1. The summed E-state index contributed by atoms with van der Waals surface area (Å²) in [6, 6.07) is 63.3. The Hall–Kier alpha value is -6.48. The van der Waals surface area contributed by atoms with Gasteiger partial charge < -0.3 is 14.0 Å². The van der Waals surface area contributed by atoms with E-state index in [0.717, 1.165) is 55.5 Å². The molecule has 5 heteroatoms. The van der Waals surface area contributed by atoms with Crippen LogP contribution in [0.5, 0.6) is 0 Å². The molecule has 7 aromatic carbocycles. The Morgan fingerprint density at radius 2 is 0.964 bits per heavy atom. The van der Waals surface area contributed by atoms with Crippen LogP contribution < -0.4 is 20.8 Å². The Balaban J connectivity index is 1.26. The number of benzene rings is 7. The first-order valence-corrected chi connectivity index (χ1v) is 20.4. The van der Waals surface area contributed by atoms with E-state index in [1.807, 2.05) is 66.9 Å². The highest BCUT2D eigenvalue weighted by Gasteiger charge is 2.37. The Morgan fingerprint density at radius 3 is 1.55 bits per heavy atom. The van der Waals surface area contributed by atoms with E-state index in [9.17, 15) is 0 Å². The van der Waals surface area contributed by atoms with Crippen molar-refractivity contribution >= 4 is 61.9 Å². The van der Waals surface area contributed by atoms with Crippen LogP contribution in [-0.4, -0.2) is 9.55 Å². The lowest BCUT2D eigenvalue weighted by Crippen LogP contribution is -2.30. The molecule has 3 heterocycles. The molecule has 9 aromatic rings. The van der Waals surface area contributed by atoms with Gasteiger partial charge in [0.05, 0.1) is 22.4 Å². The molecule has 0 bridgehead atoms. The predicted molar refractivity (Wildman–Crippen MR) is 230 cm³/mol. The molecule has 0 radical (unpaired) electrons. The third-order valence-corrected chi connectivity index (χ3v) is 14.3. The number of nitrogens with zero attached hydrogens (tertiary/aromatic N) is 3. The SMILES string of the molecule is CC1(C)c2ccccc2N(c2cc(-c3cncc(P(=O)(c4ccccc4)c4ccccc4)c3)cc(-n3c4ccccc4c4ccccc43)c2)c2ccccc21. The largest absolute Gasteiger partial charge is 0.310 e. The lowest BCUT2D eigenvalue weighted by atomic mass is 9.73. The molecule has 2 aromatic heterocycles. The molecule has 0 spiro atoms.